The molecule has 0 aliphatic rings. The summed E-state index contributed by atoms with van der Waals surface area (Å²) in [6.07, 6.45) is 0.824. The Hall–Kier alpha value is -1.55. The van der Waals surface area contributed by atoms with Crippen molar-refractivity contribution in [3.8, 4) is 11.8 Å². The van der Waals surface area contributed by atoms with Gasteiger partial charge in [-0.1, -0.05) is 5.92 Å². The first-order valence-electron chi connectivity index (χ1n) is 4.40. The maximum Gasteiger partial charge on any atom is 0.326 e. The summed E-state index contributed by atoms with van der Waals surface area (Å²) in [5, 5.41) is 10.8. The SMILES string of the molecule is CC#CC(=O)NC(CCS(C)(=O)=O)C(=O)O. The number of aliphatic carboxylic acids is 1. The molecular weight excluding hydrogens is 234 g/mol. The minimum absolute atomic E-state index is 0.175. The molecule has 0 spiro atoms. The molecule has 0 aromatic heterocycles. The molecular formula is C9H13NO5S. The predicted molar refractivity (Wildman–Crippen MR) is 57.3 cm³/mol. The van der Waals surface area contributed by atoms with E-state index in [1.165, 1.54) is 6.92 Å². The number of hydrogen-bond donors (Lipinski definition) is 2. The van der Waals surface area contributed by atoms with Gasteiger partial charge in [0.25, 0.3) is 5.91 Å². The van der Waals surface area contributed by atoms with E-state index in [1.807, 2.05) is 0 Å². The summed E-state index contributed by atoms with van der Waals surface area (Å²) in [5.74, 6) is 2.11. The number of carbonyl (C=O) groups excluding carboxylic acids is 1. The van der Waals surface area contributed by atoms with Crippen LogP contribution in [0.1, 0.15) is 13.3 Å². The van der Waals surface area contributed by atoms with Crippen LogP contribution in [-0.4, -0.2) is 43.5 Å². The quantitative estimate of drug-likeness (QED) is 0.608. The Morgan fingerprint density at radius 2 is 2.00 bits per heavy atom. The maximum atomic E-state index is 11.0. The number of amides is 1. The third kappa shape index (κ3) is 6.84. The van der Waals surface area contributed by atoms with Crippen molar-refractivity contribution in [2.24, 2.45) is 0 Å². The van der Waals surface area contributed by atoms with E-state index >= 15 is 0 Å². The Balaban J connectivity index is 4.45. The Kier molecular flexibility index (Phi) is 5.53. The second-order valence-electron chi connectivity index (χ2n) is 3.16. The van der Waals surface area contributed by atoms with Gasteiger partial charge >= 0.3 is 5.97 Å². The summed E-state index contributed by atoms with van der Waals surface area (Å²) in [6.45, 7) is 1.44. The Bertz CT molecular complexity index is 429. The first kappa shape index (κ1) is 14.5. The summed E-state index contributed by atoms with van der Waals surface area (Å²) >= 11 is 0. The van der Waals surface area contributed by atoms with Gasteiger partial charge in [-0.15, -0.1) is 0 Å². The van der Waals surface area contributed by atoms with Gasteiger partial charge in [0.05, 0.1) is 5.75 Å². The summed E-state index contributed by atoms with van der Waals surface area (Å²) in [7, 11) is -3.25. The van der Waals surface area contributed by atoms with Crippen molar-refractivity contribution in [3.63, 3.8) is 0 Å². The molecule has 0 aromatic carbocycles. The number of carbonyl (C=O) groups is 2. The fourth-order valence-electron chi connectivity index (χ4n) is 0.897. The van der Waals surface area contributed by atoms with E-state index in [0.29, 0.717) is 0 Å². The van der Waals surface area contributed by atoms with Gasteiger partial charge < -0.3 is 10.4 Å². The van der Waals surface area contributed by atoms with E-state index < -0.39 is 27.8 Å². The van der Waals surface area contributed by atoms with Crippen LogP contribution in [0, 0.1) is 11.8 Å². The zero-order valence-corrected chi connectivity index (χ0v) is 9.80. The molecule has 0 fully saturated rings. The molecule has 16 heavy (non-hydrogen) atoms. The van der Waals surface area contributed by atoms with Crippen LogP contribution in [0.15, 0.2) is 0 Å². The van der Waals surface area contributed by atoms with Gasteiger partial charge in [-0.25, -0.2) is 13.2 Å². The van der Waals surface area contributed by atoms with Gasteiger partial charge in [-0.2, -0.15) is 0 Å². The molecule has 0 aliphatic heterocycles. The lowest BCUT2D eigenvalue weighted by Crippen LogP contribution is -2.41. The van der Waals surface area contributed by atoms with Crippen LogP contribution in [0.2, 0.25) is 0 Å². The third-order valence-electron chi connectivity index (χ3n) is 1.62. The van der Waals surface area contributed by atoms with E-state index in [1.54, 1.807) is 0 Å². The first-order valence-corrected chi connectivity index (χ1v) is 6.46. The zero-order valence-electron chi connectivity index (χ0n) is 8.98. The van der Waals surface area contributed by atoms with Crippen LogP contribution in [0.4, 0.5) is 0 Å². The van der Waals surface area contributed by atoms with Crippen molar-refractivity contribution in [3.05, 3.63) is 0 Å². The summed E-state index contributed by atoms with van der Waals surface area (Å²) < 4.78 is 21.7. The van der Waals surface area contributed by atoms with E-state index in [-0.39, 0.29) is 12.2 Å². The summed E-state index contributed by atoms with van der Waals surface area (Å²) in [5.41, 5.74) is 0. The molecule has 0 radical (unpaired) electrons. The van der Waals surface area contributed by atoms with Crippen molar-refractivity contribution < 1.29 is 23.1 Å². The van der Waals surface area contributed by atoms with E-state index in [4.69, 9.17) is 5.11 Å². The van der Waals surface area contributed by atoms with Crippen molar-refractivity contribution in [2.45, 2.75) is 19.4 Å². The lowest BCUT2D eigenvalue weighted by atomic mass is 10.2. The first-order chi connectivity index (χ1) is 7.26. The highest BCUT2D eigenvalue weighted by Gasteiger charge is 2.20. The number of hydrogen-bond acceptors (Lipinski definition) is 4. The number of carboxylic acid groups (broad SMARTS) is 1. The van der Waals surface area contributed by atoms with Crippen molar-refractivity contribution in [1.29, 1.82) is 0 Å². The maximum absolute atomic E-state index is 11.0. The molecule has 1 atom stereocenters. The van der Waals surface area contributed by atoms with Crippen LogP contribution in [-0.2, 0) is 19.4 Å². The number of carboxylic acids is 1. The molecule has 90 valence electrons. The van der Waals surface area contributed by atoms with E-state index in [9.17, 15) is 18.0 Å². The molecule has 0 aromatic rings. The fraction of sp³-hybridized carbons (Fsp3) is 0.556. The molecule has 6 nitrogen and oxygen atoms in total. The van der Waals surface area contributed by atoms with Gasteiger partial charge in [-0.3, -0.25) is 4.79 Å². The molecule has 0 bridgehead atoms. The van der Waals surface area contributed by atoms with Crippen molar-refractivity contribution >= 4 is 21.7 Å². The largest absolute Gasteiger partial charge is 0.480 e. The number of rotatable bonds is 5. The number of sulfone groups is 1. The predicted octanol–water partition coefficient (Wildman–Crippen LogP) is -0.986. The lowest BCUT2D eigenvalue weighted by Gasteiger charge is -2.11. The molecule has 2 N–H and O–H groups in total. The van der Waals surface area contributed by atoms with Crippen molar-refractivity contribution in [2.75, 3.05) is 12.0 Å². The molecule has 0 saturated carbocycles. The van der Waals surface area contributed by atoms with Crippen LogP contribution in [0.5, 0.6) is 0 Å². The molecule has 1 unspecified atom stereocenters. The van der Waals surface area contributed by atoms with Crippen LogP contribution in [0.25, 0.3) is 0 Å². The second kappa shape index (κ2) is 6.12. The normalized spacial score (nSPS) is 12.1. The molecule has 7 heteroatoms. The van der Waals surface area contributed by atoms with Gasteiger partial charge in [0.2, 0.25) is 0 Å². The molecule has 0 heterocycles. The van der Waals surface area contributed by atoms with Crippen molar-refractivity contribution in [1.82, 2.24) is 5.32 Å². The smallest absolute Gasteiger partial charge is 0.326 e. The van der Waals surface area contributed by atoms with Crippen LogP contribution < -0.4 is 5.32 Å². The molecule has 0 rings (SSSR count). The average molecular weight is 247 g/mol. The second-order valence-corrected chi connectivity index (χ2v) is 5.42. The highest BCUT2D eigenvalue weighted by molar-refractivity contribution is 7.90. The fourth-order valence-corrected chi connectivity index (χ4v) is 1.56. The molecule has 1 amide bonds. The third-order valence-corrected chi connectivity index (χ3v) is 2.60. The Morgan fingerprint density at radius 3 is 2.38 bits per heavy atom. The summed E-state index contributed by atoms with van der Waals surface area (Å²) in [4.78, 5) is 21.7. The van der Waals surface area contributed by atoms with Crippen LogP contribution in [0.3, 0.4) is 0 Å². The topological polar surface area (TPSA) is 101 Å². The summed E-state index contributed by atoms with van der Waals surface area (Å²) in [6, 6.07) is -1.23. The van der Waals surface area contributed by atoms with E-state index in [2.05, 4.69) is 17.2 Å². The minimum atomic E-state index is -3.25. The Labute approximate surface area is 94.0 Å². The monoisotopic (exact) mass is 247 g/mol. The Morgan fingerprint density at radius 1 is 1.44 bits per heavy atom. The van der Waals surface area contributed by atoms with E-state index in [0.717, 1.165) is 6.26 Å². The molecule has 0 aliphatic carbocycles. The zero-order chi connectivity index (χ0) is 12.8. The lowest BCUT2D eigenvalue weighted by molar-refractivity contribution is -0.141. The van der Waals surface area contributed by atoms with Gasteiger partial charge in [0, 0.05) is 6.26 Å². The average Bonchev–Trinajstić information content (AvgIpc) is 2.10. The van der Waals surface area contributed by atoms with Gasteiger partial charge in [0.15, 0.2) is 0 Å². The highest BCUT2D eigenvalue weighted by atomic mass is 32.2. The van der Waals surface area contributed by atoms with Crippen LogP contribution >= 0.6 is 0 Å². The molecule has 0 saturated heterocycles. The standard InChI is InChI=1S/C9H13NO5S/c1-3-4-8(11)10-7(9(12)13)5-6-16(2,14)15/h7H,5-6H2,1-2H3,(H,10,11)(H,12,13). The van der Waals surface area contributed by atoms with Gasteiger partial charge in [0.1, 0.15) is 15.9 Å². The highest BCUT2D eigenvalue weighted by Crippen LogP contribution is 1.96. The minimum Gasteiger partial charge on any atom is -0.480 e. The van der Waals surface area contributed by atoms with Gasteiger partial charge in [-0.05, 0) is 19.3 Å². The number of nitrogens with one attached hydrogen (secondary N) is 1.